The minimum Gasteiger partial charge on any atom is -0.464 e. The van der Waals surface area contributed by atoms with Gasteiger partial charge in [0.05, 0.1) is 6.61 Å². The van der Waals surface area contributed by atoms with Gasteiger partial charge in [0.1, 0.15) is 6.54 Å². The Morgan fingerprint density at radius 2 is 2.18 bits per heavy atom. The second-order valence-electron chi connectivity index (χ2n) is 3.79. The van der Waals surface area contributed by atoms with Crippen molar-refractivity contribution in [2.24, 2.45) is 5.92 Å². The number of nitrogens with zero attached hydrogens (tertiary/aromatic N) is 1. The Morgan fingerprint density at radius 3 is 2.76 bits per heavy atom. The summed E-state index contributed by atoms with van der Waals surface area (Å²) in [6.07, 6.45) is 0. The van der Waals surface area contributed by atoms with Crippen LogP contribution in [0, 0.1) is 5.92 Å². The number of ether oxygens (including phenoxy) is 1. The molecule has 0 bridgehead atoms. The van der Waals surface area contributed by atoms with Gasteiger partial charge in [-0.15, -0.1) is 5.10 Å². The van der Waals surface area contributed by atoms with E-state index < -0.39 is 17.2 Å². The molecule has 3 N–H and O–H groups in total. The van der Waals surface area contributed by atoms with Crippen LogP contribution in [0.5, 0.6) is 0 Å². The summed E-state index contributed by atoms with van der Waals surface area (Å²) >= 11 is 0. The first-order valence-corrected chi connectivity index (χ1v) is 5.07. The first kappa shape index (κ1) is 12.9. The van der Waals surface area contributed by atoms with Crippen LogP contribution in [0.4, 0.5) is 5.82 Å². The molecule has 0 radical (unpaired) electrons. The number of aromatic nitrogens is 3. The first-order valence-electron chi connectivity index (χ1n) is 5.07. The predicted octanol–water partition coefficient (Wildman–Crippen LogP) is -0.931. The van der Waals surface area contributed by atoms with E-state index >= 15 is 0 Å². The van der Waals surface area contributed by atoms with Crippen LogP contribution in [0.3, 0.4) is 0 Å². The van der Waals surface area contributed by atoms with Crippen LogP contribution in [-0.4, -0.2) is 34.3 Å². The van der Waals surface area contributed by atoms with Crippen molar-refractivity contribution in [3.05, 3.63) is 20.8 Å². The van der Waals surface area contributed by atoms with E-state index in [0.29, 0.717) is 6.61 Å². The highest BCUT2D eigenvalue weighted by Gasteiger charge is 2.07. The predicted molar refractivity (Wildman–Crippen MR) is 59.8 cm³/mol. The highest BCUT2D eigenvalue weighted by molar-refractivity contribution is 5.74. The molecule has 0 unspecified atom stereocenters. The van der Waals surface area contributed by atoms with Crippen LogP contribution in [0.25, 0.3) is 0 Å². The van der Waals surface area contributed by atoms with E-state index in [1.54, 1.807) is 0 Å². The van der Waals surface area contributed by atoms with E-state index in [9.17, 15) is 14.4 Å². The Labute approximate surface area is 96.4 Å². The van der Waals surface area contributed by atoms with Gasteiger partial charge in [-0.2, -0.15) is 0 Å². The van der Waals surface area contributed by atoms with Crippen LogP contribution in [-0.2, 0) is 9.53 Å². The van der Waals surface area contributed by atoms with Crippen molar-refractivity contribution in [3.63, 3.8) is 0 Å². The maximum atomic E-state index is 11.2. The largest absolute Gasteiger partial charge is 0.464 e. The summed E-state index contributed by atoms with van der Waals surface area (Å²) in [5.41, 5.74) is -1.40. The molecule has 0 saturated heterocycles. The molecule has 0 amide bonds. The minimum absolute atomic E-state index is 0.133. The summed E-state index contributed by atoms with van der Waals surface area (Å²) in [4.78, 5) is 35.0. The summed E-state index contributed by atoms with van der Waals surface area (Å²) in [6.45, 7) is 3.95. The average Bonchev–Trinajstić information content (AvgIpc) is 2.25. The molecule has 8 nitrogen and oxygen atoms in total. The lowest BCUT2D eigenvalue weighted by atomic mass is 10.2. The Morgan fingerprint density at radius 1 is 1.47 bits per heavy atom. The van der Waals surface area contributed by atoms with Crippen LogP contribution >= 0.6 is 0 Å². The molecule has 17 heavy (non-hydrogen) atoms. The zero-order valence-electron chi connectivity index (χ0n) is 9.57. The molecule has 0 fully saturated rings. The smallest absolute Gasteiger partial charge is 0.342 e. The SMILES string of the molecule is CC(C)COC(=O)CNc1n[nH]c(=O)[nH]c1=O. The van der Waals surface area contributed by atoms with Crippen molar-refractivity contribution in [1.29, 1.82) is 0 Å². The molecule has 0 aliphatic heterocycles. The molecular weight excluding hydrogens is 228 g/mol. The van der Waals surface area contributed by atoms with E-state index in [1.807, 2.05) is 23.9 Å². The molecule has 0 aliphatic rings. The minimum atomic E-state index is -0.706. The molecular formula is C9H14N4O4. The second kappa shape index (κ2) is 5.83. The molecule has 1 aromatic heterocycles. The number of rotatable bonds is 5. The topological polar surface area (TPSA) is 117 Å². The van der Waals surface area contributed by atoms with Crippen molar-refractivity contribution in [1.82, 2.24) is 15.2 Å². The summed E-state index contributed by atoms with van der Waals surface area (Å²) in [6, 6.07) is 0. The normalized spacial score (nSPS) is 10.3. The first-order chi connectivity index (χ1) is 7.99. The van der Waals surface area contributed by atoms with Crippen molar-refractivity contribution < 1.29 is 9.53 Å². The van der Waals surface area contributed by atoms with Crippen LogP contribution < -0.4 is 16.6 Å². The van der Waals surface area contributed by atoms with E-state index in [-0.39, 0.29) is 18.3 Å². The molecule has 0 atom stereocenters. The standard InChI is InChI=1S/C9H14N4O4/c1-5(2)4-17-6(14)3-10-7-8(15)11-9(16)13-12-7/h5H,3-4H2,1-2H3,(H,10,12)(H2,11,13,15,16). The van der Waals surface area contributed by atoms with E-state index in [4.69, 9.17) is 4.74 Å². The molecule has 0 spiro atoms. The molecule has 94 valence electrons. The van der Waals surface area contributed by atoms with Gasteiger partial charge in [0, 0.05) is 0 Å². The Balaban J connectivity index is 2.48. The van der Waals surface area contributed by atoms with Crippen LogP contribution in [0.2, 0.25) is 0 Å². The summed E-state index contributed by atoms with van der Waals surface area (Å²) in [5, 5.41) is 7.95. The highest BCUT2D eigenvalue weighted by Crippen LogP contribution is 1.93. The van der Waals surface area contributed by atoms with Gasteiger partial charge < -0.3 is 10.1 Å². The molecule has 0 aliphatic carbocycles. The number of hydrogen-bond donors (Lipinski definition) is 3. The summed E-state index contributed by atoms with van der Waals surface area (Å²) in [5.74, 6) is -0.384. The number of hydrogen-bond acceptors (Lipinski definition) is 6. The number of carbonyl (C=O) groups is 1. The van der Waals surface area contributed by atoms with Gasteiger partial charge in [0.2, 0.25) is 5.82 Å². The van der Waals surface area contributed by atoms with E-state index in [1.165, 1.54) is 0 Å². The lowest BCUT2D eigenvalue weighted by Gasteiger charge is -2.07. The monoisotopic (exact) mass is 242 g/mol. The lowest BCUT2D eigenvalue weighted by molar-refractivity contribution is -0.142. The van der Waals surface area contributed by atoms with E-state index in [2.05, 4.69) is 10.4 Å². The molecule has 1 aromatic rings. The average molecular weight is 242 g/mol. The van der Waals surface area contributed by atoms with Gasteiger partial charge in [0.25, 0.3) is 5.56 Å². The molecule has 1 heterocycles. The van der Waals surface area contributed by atoms with Gasteiger partial charge in [0.15, 0.2) is 0 Å². The number of aromatic amines is 2. The number of H-pyrrole nitrogens is 2. The quantitative estimate of drug-likeness (QED) is 0.574. The van der Waals surface area contributed by atoms with Crippen LogP contribution in [0.1, 0.15) is 13.8 Å². The third kappa shape index (κ3) is 4.49. The Bertz CT molecular complexity index is 490. The lowest BCUT2D eigenvalue weighted by Crippen LogP contribution is -2.29. The van der Waals surface area contributed by atoms with Crippen molar-refractivity contribution in [2.45, 2.75) is 13.8 Å². The molecule has 8 heteroatoms. The fraction of sp³-hybridized carbons (Fsp3) is 0.556. The number of esters is 1. The second-order valence-corrected chi connectivity index (χ2v) is 3.79. The molecule has 1 rings (SSSR count). The zero-order chi connectivity index (χ0) is 12.8. The van der Waals surface area contributed by atoms with Gasteiger partial charge in [-0.05, 0) is 5.92 Å². The highest BCUT2D eigenvalue weighted by atomic mass is 16.5. The van der Waals surface area contributed by atoms with Gasteiger partial charge in [-0.1, -0.05) is 13.8 Å². The number of carbonyl (C=O) groups excluding carboxylic acids is 1. The fourth-order valence-electron chi connectivity index (χ4n) is 0.934. The van der Waals surface area contributed by atoms with E-state index in [0.717, 1.165) is 0 Å². The number of nitrogens with one attached hydrogen (secondary N) is 3. The third-order valence-corrected chi connectivity index (χ3v) is 1.69. The van der Waals surface area contributed by atoms with Crippen molar-refractivity contribution >= 4 is 11.8 Å². The molecule has 0 aromatic carbocycles. The van der Waals surface area contributed by atoms with Crippen molar-refractivity contribution in [3.8, 4) is 0 Å². The maximum absolute atomic E-state index is 11.2. The maximum Gasteiger partial charge on any atom is 0.342 e. The van der Waals surface area contributed by atoms with Gasteiger partial charge in [-0.3, -0.25) is 14.6 Å². The zero-order valence-corrected chi connectivity index (χ0v) is 9.57. The molecule has 0 saturated carbocycles. The summed E-state index contributed by atoms with van der Waals surface area (Å²) < 4.78 is 4.88. The third-order valence-electron chi connectivity index (χ3n) is 1.69. The Kier molecular flexibility index (Phi) is 4.44. The van der Waals surface area contributed by atoms with Crippen LogP contribution in [0.15, 0.2) is 9.59 Å². The van der Waals surface area contributed by atoms with Gasteiger partial charge >= 0.3 is 11.7 Å². The number of anilines is 1. The van der Waals surface area contributed by atoms with Crippen molar-refractivity contribution in [2.75, 3.05) is 18.5 Å². The Hall–Kier alpha value is -2.12. The fourth-order valence-corrected chi connectivity index (χ4v) is 0.934. The summed E-state index contributed by atoms with van der Waals surface area (Å²) in [7, 11) is 0. The van der Waals surface area contributed by atoms with Gasteiger partial charge in [-0.25, -0.2) is 9.89 Å².